The van der Waals surface area contributed by atoms with E-state index in [0.717, 1.165) is 38.7 Å². The standard InChI is InChI=1S/C18H28N6.HI/c1-4-23(17-8-5-7-16(2)15-17)13-10-20-18(19-3)21-11-14-24-12-6-9-22-24;/h5-9,12,15H,4,10-11,13-14H2,1-3H3,(H2,19,20,21);1H. The van der Waals surface area contributed by atoms with Crippen LogP contribution in [-0.4, -0.2) is 49.0 Å². The molecule has 0 aliphatic heterocycles. The van der Waals surface area contributed by atoms with Crippen LogP contribution in [0.2, 0.25) is 0 Å². The molecule has 0 aliphatic rings. The minimum atomic E-state index is 0. The van der Waals surface area contributed by atoms with Gasteiger partial charge in [-0.2, -0.15) is 5.10 Å². The molecule has 138 valence electrons. The molecule has 0 radical (unpaired) electrons. The van der Waals surface area contributed by atoms with Crippen LogP contribution in [0.25, 0.3) is 0 Å². The molecule has 2 rings (SSSR count). The van der Waals surface area contributed by atoms with Crippen molar-refractivity contribution >= 4 is 35.6 Å². The Bertz CT molecular complexity index is 626. The predicted octanol–water partition coefficient (Wildman–Crippen LogP) is 2.50. The molecule has 0 saturated carbocycles. The Hall–Kier alpha value is -1.77. The number of nitrogens with one attached hydrogen (secondary N) is 2. The largest absolute Gasteiger partial charge is 0.370 e. The van der Waals surface area contributed by atoms with E-state index in [4.69, 9.17) is 0 Å². The van der Waals surface area contributed by atoms with Crippen LogP contribution in [0.4, 0.5) is 5.69 Å². The number of rotatable bonds is 8. The van der Waals surface area contributed by atoms with E-state index in [0.29, 0.717) is 0 Å². The first-order chi connectivity index (χ1) is 11.7. The van der Waals surface area contributed by atoms with Gasteiger partial charge in [-0.1, -0.05) is 12.1 Å². The second kappa shape index (κ2) is 11.7. The maximum Gasteiger partial charge on any atom is 0.191 e. The van der Waals surface area contributed by atoms with Crippen LogP contribution in [0.3, 0.4) is 0 Å². The van der Waals surface area contributed by atoms with Crippen LogP contribution < -0.4 is 15.5 Å². The normalized spacial score (nSPS) is 10.9. The lowest BCUT2D eigenvalue weighted by Gasteiger charge is -2.24. The highest BCUT2D eigenvalue weighted by Gasteiger charge is 2.05. The molecule has 0 saturated heterocycles. The summed E-state index contributed by atoms with van der Waals surface area (Å²) in [5.41, 5.74) is 2.55. The van der Waals surface area contributed by atoms with Crippen molar-refractivity contribution in [3.8, 4) is 0 Å². The lowest BCUT2D eigenvalue weighted by Crippen LogP contribution is -2.42. The van der Waals surface area contributed by atoms with Crippen LogP contribution in [0.15, 0.2) is 47.7 Å². The lowest BCUT2D eigenvalue weighted by molar-refractivity contribution is 0.597. The van der Waals surface area contributed by atoms with Gasteiger partial charge in [0.05, 0.1) is 6.54 Å². The zero-order chi connectivity index (χ0) is 17.2. The number of aliphatic imine (C=N–C) groups is 1. The third kappa shape index (κ3) is 7.33. The molecular weight excluding hydrogens is 427 g/mol. The smallest absolute Gasteiger partial charge is 0.191 e. The van der Waals surface area contributed by atoms with E-state index in [1.807, 2.05) is 16.9 Å². The Morgan fingerprint density at radius 1 is 1.24 bits per heavy atom. The van der Waals surface area contributed by atoms with Crippen molar-refractivity contribution in [2.45, 2.75) is 20.4 Å². The number of aryl methyl sites for hydroxylation is 1. The van der Waals surface area contributed by atoms with Crippen molar-refractivity contribution < 1.29 is 0 Å². The monoisotopic (exact) mass is 456 g/mol. The fraction of sp³-hybridized carbons (Fsp3) is 0.444. The first-order valence-electron chi connectivity index (χ1n) is 8.46. The van der Waals surface area contributed by atoms with E-state index in [2.05, 4.69) is 63.7 Å². The van der Waals surface area contributed by atoms with Crippen molar-refractivity contribution in [1.29, 1.82) is 0 Å². The molecule has 0 bridgehead atoms. The molecule has 2 N–H and O–H groups in total. The molecule has 0 fully saturated rings. The average molecular weight is 456 g/mol. The Kier molecular flexibility index (Phi) is 9.98. The summed E-state index contributed by atoms with van der Waals surface area (Å²) in [6.07, 6.45) is 3.75. The number of hydrogen-bond donors (Lipinski definition) is 2. The number of likely N-dealkylation sites (N-methyl/N-ethyl adjacent to an activating group) is 1. The summed E-state index contributed by atoms with van der Waals surface area (Å²) in [6.45, 7) is 8.66. The second-order valence-corrected chi connectivity index (χ2v) is 5.61. The lowest BCUT2D eigenvalue weighted by atomic mass is 10.2. The van der Waals surface area contributed by atoms with Crippen molar-refractivity contribution in [3.63, 3.8) is 0 Å². The molecule has 0 unspecified atom stereocenters. The van der Waals surface area contributed by atoms with Crippen LogP contribution >= 0.6 is 24.0 Å². The number of anilines is 1. The van der Waals surface area contributed by atoms with Crippen LogP contribution in [0.5, 0.6) is 0 Å². The Morgan fingerprint density at radius 2 is 2.04 bits per heavy atom. The van der Waals surface area contributed by atoms with E-state index in [-0.39, 0.29) is 24.0 Å². The maximum absolute atomic E-state index is 4.26. The van der Waals surface area contributed by atoms with E-state index < -0.39 is 0 Å². The van der Waals surface area contributed by atoms with Crippen LogP contribution in [-0.2, 0) is 6.54 Å². The number of guanidine groups is 1. The summed E-state index contributed by atoms with van der Waals surface area (Å²) in [5, 5.41) is 10.9. The number of aromatic nitrogens is 2. The average Bonchev–Trinajstić information content (AvgIpc) is 3.10. The first-order valence-corrected chi connectivity index (χ1v) is 8.46. The Morgan fingerprint density at radius 3 is 2.68 bits per heavy atom. The number of halogens is 1. The summed E-state index contributed by atoms with van der Waals surface area (Å²) in [4.78, 5) is 6.62. The first kappa shape index (κ1) is 21.3. The van der Waals surface area contributed by atoms with Gasteiger partial charge in [0, 0.05) is 51.3 Å². The molecular formula is C18H29IN6. The highest BCUT2D eigenvalue weighted by molar-refractivity contribution is 14.0. The van der Waals surface area contributed by atoms with E-state index >= 15 is 0 Å². The van der Waals surface area contributed by atoms with Gasteiger partial charge in [0.2, 0.25) is 0 Å². The molecule has 0 amide bonds. The van der Waals surface area contributed by atoms with Crippen LogP contribution in [0.1, 0.15) is 12.5 Å². The molecule has 0 spiro atoms. The van der Waals surface area contributed by atoms with Gasteiger partial charge in [-0.15, -0.1) is 24.0 Å². The predicted molar refractivity (Wildman–Crippen MR) is 116 cm³/mol. The van der Waals surface area contributed by atoms with Gasteiger partial charge < -0.3 is 15.5 Å². The maximum atomic E-state index is 4.26. The summed E-state index contributed by atoms with van der Waals surface area (Å²) >= 11 is 0. The quantitative estimate of drug-likeness (QED) is 0.364. The topological polar surface area (TPSA) is 57.5 Å². The molecule has 6 nitrogen and oxygen atoms in total. The molecule has 25 heavy (non-hydrogen) atoms. The Labute approximate surface area is 167 Å². The summed E-state index contributed by atoms with van der Waals surface area (Å²) in [6, 6.07) is 10.5. The van der Waals surface area contributed by atoms with Gasteiger partial charge in [0.25, 0.3) is 0 Å². The zero-order valence-electron chi connectivity index (χ0n) is 15.3. The fourth-order valence-corrected chi connectivity index (χ4v) is 2.55. The van der Waals surface area contributed by atoms with Gasteiger partial charge in [-0.3, -0.25) is 9.67 Å². The number of benzene rings is 1. The number of nitrogens with zero attached hydrogens (tertiary/aromatic N) is 4. The van der Waals surface area contributed by atoms with Gasteiger partial charge in [-0.05, 0) is 37.6 Å². The van der Waals surface area contributed by atoms with Gasteiger partial charge >= 0.3 is 0 Å². The summed E-state index contributed by atoms with van der Waals surface area (Å²) in [7, 11) is 1.79. The van der Waals surface area contributed by atoms with Crippen molar-refractivity contribution in [2.75, 3.05) is 38.1 Å². The number of hydrogen-bond acceptors (Lipinski definition) is 3. The zero-order valence-corrected chi connectivity index (χ0v) is 17.6. The molecule has 1 heterocycles. The molecule has 1 aromatic heterocycles. The molecule has 0 aliphatic carbocycles. The molecule has 2 aromatic rings. The molecule has 0 atom stereocenters. The van der Waals surface area contributed by atoms with Crippen molar-refractivity contribution in [2.24, 2.45) is 4.99 Å². The van der Waals surface area contributed by atoms with E-state index in [1.165, 1.54) is 11.3 Å². The third-order valence-corrected chi connectivity index (χ3v) is 3.84. The van der Waals surface area contributed by atoms with Crippen LogP contribution in [0, 0.1) is 6.92 Å². The third-order valence-electron chi connectivity index (χ3n) is 3.84. The van der Waals surface area contributed by atoms with E-state index in [9.17, 15) is 0 Å². The Balaban J connectivity index is 0.00000312. The fourth-order valence-electron chi connectivity index (χ4n) is 2.55. The van der Waals surface area contributed by atoms with Gasteiger partial charge in [0.15, 0.2) is 5.96 Å². The van der Waals surface area contributed by atoms with E-state index in [1.54, 1.807) is 13.2 Å². The molecule has 7 heteroatoms. The van der Waals surface area contributed by atoms with Crippen molar-refractivity contribution in [1.82, 2.24) is 20.4 Å². The minimum absolute atomic E-state index is 0. The van der Waals surface area contributed by atoms with Crippen molar-refractivity contribution in [3.05, 3.63) is 48.3 Å². The van der Waals surface area contributed by atoms with Gasteiger partial charge in [0.1, 0.15) is 0 Å². The second-order valence-electron chi connectivity index (χ2n) is 5.61. The molecule has 1 aromatic carbocycles. The highest BCUT2D eigenvalue weighted by atomic mass is 127. The highest BCUT2D eigenvalue weighted by Crippen LogP contribution is 2.14. The summed E-state index contributed by atoms with van der Waals surface area (Å²) < 4.78 is 1.90. The van der Waals surface area contributed by atoms with Gasteiger partial charge in [-0.25, -0.2) is 0 Å². The summed E-state index contributed by atoms with van der Waals surface area (Å²) in [5.74, 6) is 0.822. The SMILES string of the molecule is CCN(CCNC(=NC)NCCn1cccn1)c1cccc(C)c1.I. The minimum Gasteiger partial charge on any atom is -0.370 e.